The first-order valence-electron chi connectivity index (χ1n) is 8.25. The largest absolute Gasteiger partial charge is 0.467 e. The van der Waals surface area contributed by atoms with E-state index >= 15 is 0 Å². The van der Waals surface area contributed by atoms with E-state index in [-0.39, 0.29) is 16.4 Å². The average Bonchev–Trinajstić information content (AvgIpc) is 2.52. The number of anilines is 1. The molecule has 1 aromatic carbocycles. The zero-order valence-corrected chi connectivity index (χ0v) is 18.9. The number of nitro benzene ring substituents is 1. The first-order valence-corrected chi connectivity index (χ1v) is 12.0. The van der Waals surface area contributed by atoms with Gasteiger partial charge in [0.25, 0.3) is 5.69 Å². The number of nitro groups is 1. The number of methoxy groups -OCH3 is 1. The summed E-state index contributed by atoms with van der Waals surface area (Å²) in [5.74, 6) is -0.503. The van der Waals surface area contributed by atoms with Gasteiger partial charge in [0, 0.05) is 10.5 Å². The quantitative estimate of drug-likeness (QED) is 0.278. The maximum atomic E-state index is 11.6. The molecule has 9 heteroatoms. The molecule has 1 atom stereocenters. The predicted molar refractivity (Wildman–Crippen MR) is 108 cm³/mol. The molecule has 0 heterocycles. The third-order valence-corrected chi connectivity index (χ3v) is 9.75. The standard InChI is InChI=1S/C17H27BrN2O5Si/c1-11(16(21)24-5)19-15-13(18)8-12(9-14(15)20(22)23)10-25-26(6,7)17(2,3)4/h8-9,11,19H,10H2,1-7H3/t11-/m1/s1. The average molecular weight is 447 g/mol. The number of nitrogens with zero attached hydrogens (tertiary/aromatic N) is 1. The molecular formula is C17H27BrN2O5Si. The van der Waals surface area contributed by atoms with Gasteiger partial charge in [-0.25, -0.2) is 4.79 Å². The number of nitrogens with one attached hydrogen (secondary N) is 1. The second-order valence-corrected chi connectivity index (χ2v) is 13.3. The van der Waals surface area contributed by atoms with Crippen molar-refractivity contribution in [3.63, 3.8) is 0 Å². The highest BCUT2D eigenvalue weighted by atomic mass is 79.9. The molecule has 7 nitrogen and oxygen atoms in total. The molecule has 0 spiro atoms. The van der Waals surface area contributed by atoms with Crippen molar-refractivity contribution in [3.05, 3.63) is 32.3 Å². The molecule has 0 aliphatic carbocycles. The van der Waals surface area contributed by atoms with Crippen molar-refractivity contribution in [2.24, 2.45) is 0 Å². The molecule has 0 unspecified atom stereocenters. The van der Waals surface area contributed by atoms with E-state index in [2.05, 4.69) is 59.8 Å². The minimum absolute atomic E-state index is 0.0492. The molecule has 0 fully saturated rings. The molecule has 0 bridgehead atoms. The van der Waals surface area contributed by atoms with Gasteiger partial charge in [-0.3, -0.25) is 10.1 Å². The normalized spacial score (nSPS) is 13.2. The second kappa shape index (κ2) is 8.49. The predicted octanol–water partition coefficient (Wildman–Crippen LogP) is 4.85. The first-order chi connectivity index (χ1) is 11.8. The van der Waals surface area contributed by atoms with Crippen LogP contribution in [0.25, 0.3) is 0 Å². The van der Waals surface area contributed by atoms with Crippen LogP contribution in [0.5, 0.6) is 0 Å². The number of rotatable bonds is 7. The number of halogens is 1. The van der Waals surface area contributed by atoms with E-state index in [4.69, 9.17) is 4.43 Å². The third-order valence-electron chi connectivity index (χ3n) is 4.65. The van der Waals surface area contributed by atoms with Crippen LogP contribution in [0.2, 0.25) is 18.1 Å². The Bertz CT molecular complexity index is 688. The van der Waals surface area contributed by atoms with Crippen LogP contribution in [-0.4, -0.2) is 32.4 Å². The minimum atomic E-state index is -1.97. The van der Waals surface area contributed by atoms with Crippen molar-refractivity contribution in [3.8, 4) is 0 Å². The fraction of sp³-hybridized carbons (Fsp3) is 0.588. The Morgan fingerprint density at radius 2 is 1.96 bits per heavy atom. The SMILES string of the molecule is COC(=O)[C@@H](C)Nc1c(Br)cc(CO[Si](C)(C)C(C)(C)C)cc1[N+](=O)[O-]. The first kappa shape index (κ1) is 22.6. The minimum Gasteiger partial charge on any atom is -0.467 e. The lowest BCUT2D eigenvalue weighted by molar-refractivity contribution is -0.384. The summed E-state index contributed by atoms with van der Waals surface area (Å²) in [7, 11) is -0.702. The van der Waals surface area contributed by atoms with Crippen LogP contribution < -0.4 is 5.32 Å². The number of hydrogen-bond acceptors (Lipinski definition) is 6. The van der Waals surface area contributed by atoms with Gasteiger partial charge >= 0.3 is 5.97 Å². The van der Waals surface area contributed by atoms with Crippen LogP contribution in [0.4, 0.5) is 11.4 Å². The molecular weight excluding hydrogens is 420 g/mol. The lowest BCUT2D eigenvalue weighted by Crippen LogP contribution is -2.40. The van der Waals surface area contributed by atoms with Crippen LogP contribution in [0.3, 0.4) is 0 Å². The van der Waals surface area contributed by atoms with Crippen molar-refractivity contribution in [2.45, 2.75) is 58.5 Å². The lowest BCUT2D eigenvalue weighted by atomic mass is 10.1. The van der Waals surface area contributed by atoms with E-state index in [1.165, 1.54) is 13.2 Å². The highest BCUT2D eigenvalue weighted by molar-refractivity contribution is 9.10. The fourth-order valence-corrected chi connectivity index (χ4v) is 3.52. The molecule has 1 rings (SSSR count). The van der Waals surface area contributed by atoms with Gasteiger partial charge in [-0.2, -0.15) is 0 Å². The van der Waals surface area contributed by atoms with Gasteiger partial charge in [0.15, 0.2) is 8.32 Å². The number of carbonyl (C=O) groups excluding carboxylic acids is 1. The Hall–Kier alpha value is -1.45. The second-order valence-electron chi connectivity index (χ2n) is 7.67. The Morgan fingerprint density at radius 1 is 1.38 bits per heavy atom. The molecule has 146 valence electrons. The Balaban J connectivity index is 3.13. The summed E-state index contributed by atoms with van der Waals surface area (Å²) in [5, 5.41) is 14.4. The van der Waals surface area contributed by atoms with Crippen LogP contribution in [0.15, 0.2) is 16.6 Å². The summed E-state index contributed by atoms with van der Waals surface area (Å²) >= 11 is 3.36. The summed E-state index contributed by atoms with van der Waals surface area (Å²) in [4.78, 5) is 22.6. The molecule has 0 radical (unpaired) electrons. The summed E-state index contributed by atoms with van der Waals surface area (Å²) in [6.45, 7) is 12.5. The number of benzene rings is 1. The summed E-state index contributed by atoms with van der Waals surface area (Å²) in [6.07, 6.45) is 0. The van der Waals surface area contributed by atoms with Gasteiger partial charge in [-0.15, -0.1) is 0 Å². The topological polar surface area (TPSA) is 90.7 Å². The van der Waals surface area contributed by atoms with Gasteiger partial charge < -0.3 is 14.5 Å². The summed E-state index contributed by atoms with van der Waals surface area (Å²) in [5.41, 5.74) is 0.817. The van der Waals surface area contributed by atoms with Gasteiger partial charge in [0.2, 0.25) is 0 Å². The van der Waals surface area contributed by atoms with Crippen LogP contribution in [0, 0.1) is 10.1 Å². The van der Waals surface area contributed by atoms with Crippen LogP contribution in [0.1, 0.15) is 33.3 Å². The number of esters is 1. The Labute approximate surface area is 163 Å². The fourth-order valence-electron chi connectivity index (χ4n) is 1.95. The number of carbonyl (C=O) groups is 1. The van der Waals surface area contributed by atoms with E-state index in [1.807, 2.05) is 0 Å². The maximum absolute atomic E-state index is 11.6. The highest BCUT2D eigenvalue weighted by Gasteiger charge is 2.37. The monoisotopic (exact) mass is 446 g/mol. The van der Waals surface area contributed by atoms with Gasteiger partial charge in [0.1, 0.15) is 11.7 Å². The van der Waals surface area contributed by atoms with Gasteiger partial charge in [0.05, 0.1) is 18.6 Å². The molecule has 0 saturated carbocycles. The number of hydrogen-bond donors (Lipinski definition) is 1. The lowest BCUT2D eigenvalue weighted by Gasteiger charge is -2.36. The van der Waals surface area contributed by atoms with Crippen molar-refractivity contribution >= 4 is 41.6 Å². The van der Waals surface area contributed by atoms with E-state index in [1.54, 1.807) is 13.0 Å². The van der Waals surface area contributed by atoms with Gasteiger partial charge in [-0.05, 0) is 52.6 Å². The molecule has 1 aromatic rings. The molecule has 0 amide bonds. The Morgan fingerprint density at radius 3 is 2.42 bits per heavy atom. The van der Waals surface area contributed by atoms with Crippen LogP contribution >= 0.6 is 15.9 Å². The van der Waals surface area contributed by atoms with Crippen molar-refractivity contribution < 1.29 is 18.9 Å². The number of ether oxygens (including phenoxy) is 1. The third kappa shape index (κ3) is 5.52. The van der Waals surface area contributed by atoms with E-state index in [0.717, 1.165) is 0 Å². The molecule has 0 aliphatic heterocycles. The van der Waals surface area contributed by atoms with Crippen molar-refractivity contribution in [2.75, 3.05) is 12.4 Å². The van der Waals surface area contributed by atoms with Crippen molar-refractivity contribution in [1.82, 2.24) is 0 Å². The summed E-state index contributed by atoms with van der Waals surface area (Å²) < 4.78 is 11.3. The maximum Gasteiger partial charge on any atom is 0.327 e. The summed E-state index contributed by atoms with van der Waals surface area (Å²) in [6, 6.07) is 2.53. The van der Waals surface area contributed by atoms with Gasteiger partial charge in [-0.1, -0.05) is 20.8 Å². The molecule has 1 N–H and O–H groups in total. The molecule has 26 heavy (non-hydrogen) atoms. The molecule has 0 saturated heterocycles. The zero-order valence-electron chi connectivity index (χ0n) is 16.3. The van der Waals surface area contributed by atoms with E-state index in [0.29, 0.717) is 16.6 Å². The van der Waals surface area contributed by atoms with E-state index in [9.17, 15) is 14.9 Å². The van der Waals surface area contributed by atoms with E-state index < -0.39 is 25.3 Å². The molecule has 0 aliphatic rings. The zero-order chi connectivity index (χ0) is 20.3. The smallest absolute Gasteiger partial charge is 0.327 e. The van der Waals surface area contributed by atoms with Crippen molar-refractivity contribution in [1.29, 1.82) is 0 Å². The molecule has 0 aromatic heterocycles. The Kier molecular flexibility index (Phi) is 7.38. The highest BCUT2D eigenvalue weighted by Crippen LogP contribution is 2.39. The van der Waals surface area contributed by atoms with Crippen LogP contribution in [-0.2, 0) is 20.6 Å².